The molecule has 0 atom stereocenters. The number of carbonyl (C=O) groups is 2. The lowest BCUT2D eigenvalue weighted by Crippen LogP contribution is -2.15. The first-order valence-electron chi connectivity index (χ1n) is 11.3. The molecule has 0 aliphatic carbocycles. The van der Waals surface area contributed by atoms with Crippen molar-refractivity contribution in [3.05, 3.63) is 83.8 Å². The van der Waals surface area contributed by atoms with Crippen LogP contribution >= 0.6 is 11.8 Å². The van der Waals surface area contributed by atoms with Crippen molar-refractivity contribution in [2.75, 3.05) is 17.7 Å². The van der Waals surface area contributed by atoms with Crippen LogP contribution in [0.1, 0.15) is 34.4 Å². The second kappa shape index (κ2) is 11.1. The van der Waals surface area contributed by atoms with E-state index in [4.69, 9.17) is 4.74 Å². The van der Waals surface area contributed by atoms with E-state index >= 15 is 0 Å². The lowest BCUT2D eigenvalue weighted by Gasteiger charge is -2.09. The van der Waals surface area contributed by atoms with Gasteiger partial charge in [-0.1, -0.05) is 36.0 Å². The highest BCUT2D eigenvalue weighted by atomic mass is 32.2. The summed E-state index contributed by atoms with van der Waals surface area (Å²) in [5, 5.41) is 13.4. The maximum Gasteiger partial charge on any atom is 0.338 e. The van der Waals surface area contributed by atoms with E-state index in [1.807, 2.05) is 16.7 Å². The number of aromatic amines is 1. The van der Waals surface area contributed by atoms with E-state index < -0.39 is 0 Å². The van der Waals surface area contributed by atoms with E-state index in [2.05, 4.69) is 46.1 Å². The van der Waals surface area contributed by atoms with Crippen LogP contribution in [0, 0.1) is 6.92 Å². The lowest BCUT2D eigenvalue weighted by atomic mass is 10.1. The predicted octanol–water partition coefficient (Wildman–Crippen LogP) is 4.75. The number of anilines is 1. The number of aromatic nitrogens is 4. The SMILES string of the molecule is C=CCn1c(Cc2c(C)[nH]c3ccccc23)nnc1SCC(=O)Nc1ccc(C(=O)OCC)cc1. The highest BCUT2D eigenvalue weighted by molar-refractivity contribution is 7.99. The summed E-state index contributed by atoms with van der Waals surface area (Å²) in [6, 6.07) is 14.8. The molecule has 0 saturated carbocycles. The Morgan fingerprint density at radius 3 is 2.69 bits per heavy atom. The van der Waals surface area contributed by atoms with Gasteiger partial charge in [0.25, 0.3) is 0 Å². The molecule has 0 unspecified atom stereocenters. The Kier molecular flexibility index (Phi) is 7.67. The molecule has 4 rings (SSSR count). The normalized spacial score (nSPS) is 10.9. The minimum atomic E-state index is -0.388. The molecule has 0 radical (unpaired) electrons. The molecule has 0 saturated heterocycles. The summed E-state index contributed by atoms with van der Waals surface area (Å²) in [5.41, 5.74) is 4.42. The first-order chi connectivity index (χ1) is 17.0. The molecule has 35 heavy (non-hydrogen) atoms. The first kappa shape index (κ1) is 24.3. The van der Waals surface area contributed by atoms with Crippen LogP contribution in [0.2, 0.25) is 0 Å². The number of esters is 1. The van der Waals surface area contributed by atoms with Crippen LogP contribution in [0.4, 0.5) is 5.69 Å². The van der Waals surface area contributed by atoms with Gasteiger partial charge in [0, 0.05) is 35.2 Å². The molecule has 4 aromatic rings. The van der Waals surface area contributed by atoms with Gasteiger partial charge in [-0.3, -0.25) is 4.79 Å². The number of para-hydroxylation sites is 1. The molecule has 180 valence electrons. The predicted molar refractivity (Wildman–Crippen MR) is 138 cm³/mol. The summed E-state index contributed by atoms with van der Waals surface area (Å²) in [4.78, 5) is 27.7. The highest BCUT2D eigenvalue weighted by Crippen LogP contribution is 2.26. The third-order valence-corrected chi connectivity index (χ3v) is 6.45. The summed E-state index contributed by atoms with van der Waals surface area (Å²) in [5.74, 6) is 0.415. The van der Waals surface area contributed by atoms with Crippen molar-refractivity contribution >= 4 is 40.2 Å². The van der Waals surface area contributed by atoms with Gasteiger partial charge in [-0.25, -0.2) is 4.79 Å². The van der Waals surface area contributed by atoms with Gasteiger partial charge in [0.05, 0.1) is 17.9 Å². The van der Waals surface area contributed by atoms with Crippen molar-refractivity contribution in [1.29, 1.82) is 0 Å². The van der Waals surface area contributed by atoms with Gasteiger partial charge in [0.1, 0.15) is 5.82 Å². The van der Waals surface area contributed by atoms with Crippen molar-refractivity contribution in [3.63, 3.8) is 0 Å². The highest BCUT2D eigenvalue weighted by Gasteiger charge is 2.17. The minimum Gasteiger partial charge on any atom is -0.462 e. The molecule has 8 nitrogen and oxygen atoms in total. The number of nitrogens with one attached hydrogen (secondary N) is 2. The molecule has 0 spiro atoms. The molecule has 2 N–H and O–H groups in total. The molecule has 2 heterocycles. The standard InChI is InChI=1S/C26H27N5O3S/c1-4-14-31-23(15-21-17(3)27-22-9-7-6-8-20(21)22)29-30-26(31)35-16-24(32)28-19-12-10-18(11-13-19)25(33)34-5-2/h4,6-13,27H,1,5,14-16H2,2-3H3,(H,28,32). The number of H-pyrrole nitrogens is 1. The molecule has 2 aromatic heterocycles. The van der Waals surface area contributed by atoms with Crippen LogP contribution in [-0.2, 0) is 22.5 Å². The Balaban J connectivity index is 1.42. The number of thioether (sulfide) groups is 1. The quantitative estimate of drug-likeness (QED) is 0.189. The van der Waals surface area contributed by atoms with E-state index in [9.17, 15) is 9.59 Å². The van der Waals surface area contributed by atoms with Gasteiger partial charge >= 0.3 is 5.97 Å². The molecule has 9 heteroatoms. The Morgan fingerprint density at radius 1 is 1.17 bits per heavy atom. The van der Waals surface area contributed by atoms with Gasteiger partial charge in [-0.2, -0.15) is 0 Å². The van der Waals surface area contributed by atoms with Crippen LogP contribution in [-0.4, -0.2) is 44.0 Å². The number of benzene rings is 2. The van der Waals surface area contributed by atoms with Crippen molar-refractivity contribution in [2.45, 2.75) is 32.0 Å². The average Bonchev–Trinajstić information content (AvgIpc) is 3.38. The molecule has 0 aliphatic rings. The summed E-state index contributed by atoms with van der Waals surface area (Å²) in [7, 11) is 0. The number of hydrogen-bond donors (Lipinski definition) is 2. The average molecular weight is 490 g/mol. The molecule has 0 aliphatic heterocycles. The van der Waals surface area contributed by atoms with Gasteiger partial charge in [-0.05, 0) is 49.7 Å². The maximum absolute atomic E-state index is 12.5. The number of carbonyl (C=O) groups excluding carboxylic acids is 2. The van der Waals surface area contributed by atoms with E-state index in [-0.39, 0.29) is 17.6 Å². The van der Waals surface area contributed by atoms with Gasteiger partial charge in [-0.15, -0.1) is 16.8 Å². The number of rotatable bonds is 10. The largest absolute Gasteiger partial charge is 0.462 e. The fraction of sp³-hybridized carbons (Fsp3) is 0.231. The molecule has 0 bridgehead atoms. The smallest absolute Gasteiger partial charge is 0.338 e. The summed E-state index contributed by atoms with van der Waals surface area (Å²) >= 11 is 1.32. The number of ether oxygens (including phenoxy) is 1. The number of nitrogens with zero attached hydrogens (tertiary/aromatic N) is 3. The number of fused-ring (bicyclic) bond motifs is 1. The minimum absolute atomic E-state index is 0.168. The third kappa shape index (κ3) is 5.63. The Labute approximate surface area is 207 Å². The Hall–Kier alpha value is -3.85. The zero-order valence-electron chi connectivity index (χ0n) is 19.7. The zero-order valence-corrected chi connectivity index (χ0v) is 20.5. The maximum atomic E-state index is 12.5. The number of amides is 1. The lowest BCUT2D eigenvalue weighted by molar-refractivity contribution is -0.113. The van der Waals surface area contributed by atoms with Crippen molar-refractivity contribution in [3.8, 4) is 0 Å². The van der Waals surface area contributed by atoms with Crippen molar-refractivity contribution < 1.29 is 14.3 Å². The summed E-state index contributed by atoms with van der Waals surface area (Å²) < 4.78 is 6.96. The van der Waals surface area contributed by atoms with Crippen molar-refractivity contribution in [2.24, 2.45) is 0 Å². The van der Waals surface area contributed by atoms with Crippen molar-refractivity contribution in [1.82, 2.24) is 19.7 Å². The second-order valence-electron chi connectivity index (χ2n) is 7.88. The van der Waals surface area contributed by atoms with Crippen LogP contribution in [0.5, 0.6) is 0 Å². The van der Waals surface area contributed by atoms with E-state index in [0.717, 1.165) is 17.0 Å². The topological polar surface area (TPSA) is 102 Å². The molecule has 2 aromatic carbocycles. The van der Waals surface area contributed by atoms with Crippen LogP contribution in [0.15, 0.2) is 66.3 Å². The van der Waals surface area contributed by atoms with Gasteiger partial charge in [0.15, 0.2) is 5.16 Å². The summed E-state index contributed by atoms with van der Waals surface area (Å²) in [6.45, 7) is 8.53. The molecular formula is C26H27N5O3S. The molecule has 1 amide bonds. The number of allylic oxidation sites excluding steroid dienone is 1. The second-order valence-corrected chi connectivity index (χ2v) is 8.83. The third-order valence-electron chi connectivity index (χ3n) is 5.48. The van der Waals surface area contributed by atoms with E-state index in [1.54, 1.807) is 37.3 Å². The van der Waals surface area contributed by atoms with Crippen LogP contribution < -0.4 is 5.32 Å². The van der Waals surface area contributed by atoms with E-state index in [1.165, 1.54) is 22.7 Å². The number of hydrogen-bond acceptors (Lipinski definition) is 6. The fourth-order valence-electron chi connectivity index (χ4n) is 3.82. The first-order valence-corrected chi connectivity index (χ1v) is 12.3. The van der Waals surface area contributed by atoms with E-state index in [0.29, 0.717) is 36.0 Å². The fourth-order valence-corrected chi connectivity index (χ4v) is 4.59. The van der Waals surface area contributed by atoms with Crippen LogP contribution in [0.3, 0.4) is 0 Å². The molecular weight excluding hydrogens is 462 g/mol. The van der Waals surface area contributed by atoms with Gasteiger partial charge < -0.3 is 19.6 Å². The Bertz CT molecular complexity index is 1360. The van der Waals surface area contributed by atoms with Gasteiger partial charge in [0.2, 0.25) is 5.91 Å². The molecule has 0 fully saturated rings. The number of aryl methyl sites for hydroxylation is 1. The summed E-state index contributed by atoms with van der Waals surface area (Å²) in [6.07, 6.45) is 2.42. The Morgan fingerprint density at radius 2 is 1.94 bits per heavy atom. The van der Waals surface area contributed by atoms with Crippen LogP contribution in [0.25, 0.3) is 10.9 Å². The monoisotopic (exact) mass is 489 g/mol. The zero-order chi connectivity index (χ0) is 24.8.